The Labute approximate surface area is 134 Å². The number of fused-ring (bicyclic) bond motifs is 1. The van der Waals surface area contributed by atoms with Crippen LogP contribution in [0.1, 0.15) is 15.2 Å². The van der Waals surface area contributed by atoms with Crippen molar-refractivity contribution in [2.75, 3.05) is 5.32 Å². The topological polar surface area (TPSA) is 66.9 Å². The molecular weight excluding hydrogens is 324 g/mol. The lowest BCUT2D eigenvalue weighted by molar-refractivity contribution is 0.0981. The van der Waals surface area contributed by atoms with Crippen LogP contribution < -0.4 is 10.6 Å². The minimum Gasteiger partial charge on any atom is -0.330 e. The van der Waals surface area contributed by atoms with Gasteiger partial charge < -0.3 is 5.32 Å². The highest BCUT2D eigenvalue weighted by molar-refractivity contribution is 7.80. The zero-order valence-electron chi connectivity index (χ0n) is 10.9. The number of anilines is 1. The summed E-state index contributed by atoms with van der Waals surface area (Å²) >= 11 is 7.71. The van der Waals surface area contributed by atoms with E-state index in [0.29, 0.717) is 4.88 Å². The number of thiophene rings is 1. The van der Waals surface area contributed by atoms with E-state index in [0.717, 1.165) is 34.0 Å². The number of aromatic nitrogens is 2. The Kier molecular flexibility index (Phi) is 3.91. The van der Waals surface area contributed by atoms with Gasteiger partial charge in [-0.05, 0) is 42.2 Å². The molecule has 3 rings (SSSR count). The largest absolute Gasteiger partial charge is 0.330 e. The Hall–Kier alpha value is -1.90. The van der Waals surface area contributed by atoms with E-state index in [1.165, 1.54) is 11.3 Å². The van der Waals surface area contributed by atoms with Crippen LogP contribution in [0, 0.1) is 6.92 Å². The van der Waals surface area contributed by atoms with Crippen LogP contribution in [0.4, 0.5) is 5.69 Å². The lowest BCUT2D eigenvalue weighted by atomic mass is 10.1. The van der Waals surface area contributed by atoms with Gasteiger partial charge in [0.2, 0.25) is 0 Å². The maximum absolute atomic E-state index is 12.0. The number of thiocarbonyl (C=S) groups is 1. The van der Waals surface area contributed by atoms with Crippen LogP contribution >= 0.6 is 35.3 Å². The second-order valence-corrected chi connectivity index (χ2v) is 6.16. The molecule has 5 nitrogen and oxygen atoms in total. The SMILES string of the molecule is Cc1ccc2nsnc2c1NC(=S)NC(=O)c1cccs1. The summed E-state index contributed by atoms with van der Waals surface area (Å²) in [6.07, 6.45) is 0. The molecule has 3 aromatic rings. The highest BCUT2D eigenvalue weighted by Crippen LogP contribution is 2.25. The number of hydrogen-bond acceptors (Lipinski definition) is 6. The van der Waals surface area contributed by atoms with Crippen molar-refractivity contribution in [3.63, 3.8) is 0 Å². The van der Waals surface area contributed by atoms with Gasteiger partial charge in [-0.15, -0.1) is 11.3 Å². The molecule has 2 heterocycles. The summed E-state index contributed by atoms with van der Waals surface area (Å²) in [6.45, 7) is 1.95. The van der Waals surface area contributed by atoms with Crippen LogP contribution in [-0.4, -0.2) is 19.8 Å². The Bertz CT molecular complexity index is 810. The fraction of sp³-hybridized carbons (Fsp3) is 0.0769. The molecule has 0 bridgehead atoms. The van der Waals surface area contributed by atoms with Gasteiger partial charge in [0, 0.05) is 0 Å². The molecule has 1 aromatic carbocycles. The molecule has 8 heteroatoms. The van der Waals surface area contributed by atoms with Crippen molar-refractivity contribution in [3.8, 4) is 0 Å². The van der Waals surface area contributed by atoms with Crippen LogP contribution in [0.25, 0.3) is 11.0 Å². The molecule has 2 aromatic heterocycles. The van der Waals surface area contributed by atoms with Crippen LogP contribution in [0.5, 0.6) is 0 Å². The molecule has 0 atom stereocenters. The van der Waals surface area contributed by atoms with E-state index in [-0.39, 0.29) is 11.0 Å². The molecule has 21 heavy (non-hydrogen) atoms. The van der Waals surface area contributed by atoms with Crippen molar-refractivity contribution >= 4 is 63.0 Å². The molecule has 2 N–H and O–H groups in total. The van der Waals surface area contributed by atoms with E-state index in [2.05, 4.69) is 19.4 Å². The zero-order valence-corrected chi connectivity index (χ0v) is 13.4. The third-order valence-corrected chi connectivity index (χ3v) is 4.46. The second kappa shape index (κ2) is 5.84. The van der Waals surface area contributed by atoms with Gasteiger partial charge in [0.15, 0.2) is 5.11 Å². The van der Waals surface area contributed by atoms with Gasteiger partial charge in [-0.1, -0.05) is 12.1 Å². The number of benzene rings is 1. The summed E-state index contributed by atoms with van der Waals surface area (Å²) in [6, 6.07) is 7.42. The van der Waals surface area contributed by atoms with Gasteiger partial charge in [-0.3, -0.25) is 10.1 Å². The Balaban J connectivity index is 1.79. The van der Waals surface area contributed by atoms with Crippen molar-refractivity contribution in [1.29, 1.82) is 0 Å². The first-order valence-electron chi connectivity index (χ1n) is 6.03. The summed E-state index contributed by atoms with van der Waals surface area (Å²) in [5.41, 5.74) is 3.33. The third-order valence-electron chi connectivity index (χ3n) is 2.85. The molecule has 0 radical (unpaired) electrons. The Morgan fingerprint density at radius 3 is 2.90 bits per heavy atom. The molecule has 0 saturated heterocycles. The molecule has 106 valence electrons. The molecule has 0 aliphatic heterocycles. The number of amides is 1. The number of nitrogens with zero attached hydrogens (tertiary/aromatic N) is 2. The van der Waals surface area contributed by atoms with E-state index >= 15 is 0 Å². The van der Waals surface area contributed by atoms with E-state index < -0.39 is 0 Å². The fourth-order valence-corrected chi connectivity index (χ4v) is 3.18. The molecule has 0 saturated carbocycles. The maximum atomic E-state index is 12.0. The van der Waals surface area contributed by atoms with Crippen molar-refractivity contribution in [2.24, 2.45) is 0 Å². The van der Waals surface area contributed by atoms with E-state index in [9.17, 15) is 4.79 Å². The molecule has 0 fully saturated rings. The zero-order chi connectivity index (χ0) is 14.8. The number of aryl methyl sites for hydroxylation is 1. The average molecular weight is 334 g/mol. The van der Waals surface area contributed by atoms with Gasteiger partial charge >= 0.3 is 0 Å². The molecule has 1 amide bonds. The summed E-state index contributed by atoms with van der Waals surface area (Å²) in [7, 11) is 0. The number of carbonyl (C=O) groups is 1. The second-order valence-electron chi connectivity index (χ2n) is 4.27. The van der Waals surface area contributed by atoms with Gasteiger partial charge in [0.25, 0.3) is 5.91 Å². The summed E-state index contributed by atoms with van der Waals surface area (Å²) < 4.78 is 8.45. The monoisotopic (exact) mass is 334 g/mol. The number of nitrogens with one attached hydrogen (secondary N) is 2. The minimum absolute atomic E-state index is 0.219. The molecule has 0 aliphatic rings. The first-order chi connectivity index (χ1) is 10.1. The van der Waals surface area contributed by atoms with Crippen molar-refractivity contribution < 1.29 is 4.79 Å². The number of hydrogen-bond donors (Lipinski definition) is 2. The van der Waals surface area contributed by atoms with Crippen LogP contribution in [0.3, 0.4) is 0 Å². The summed E-state index contributed by atoms with van der Waals surface area (Å²) in [4.78, 5) is 12.6. The summed E-state index contributed by atoms with van der Waals surface area (Å²) in [5.74, 6) is -0.219. The third kappa shape index (κ3) is 2.92. The highest BCUT2D eigenvalue weighted by atomic mass is 32.1. The molecule has 0 unspecified atom stereocenters. The van der Waals surface area contributed by atoms with Crippen LogP contribution in [0.2, 0.25) is 0 Å². The van der Waals surface area contributed by atoms with E-state index in [1.807, 2.05) is 30.5 Å². The maximum Gasteiger partial charge on any atom is 0.267 e. The Morgan fingerprint density at radius 1 is 1.29 bits per heavy atom. The molecule has 0 aliphatic carbocycles. The van der Waals surface area contributed by atoms with Crippen LogP contribution in [0.15, 0.2) is 29.6 Å². The predicted molar refractivity (Wildman–Crippen MR) is 90.2 cm³/mol. The lowest BCUT2D eigenvalue weighted by Crippen LogP contribution is -2.33. The van der Waals surface area contributed by atoms with E-state index in [1.54, 1.807) is 6.07 Å². The summed E-state index contributed by atoms with van der Waals surface area (Å²) in [5, 5.41) is 7.79. The first-order valence-corrected chi connectivity index (χ1v) is 8.04. The van der Waals surface area contributed by atoms with E-state index in [4.69, 9.17) is 12.2 Å². The lowest BCUT2D eigenvalue weighted by Gasteiger charge is -2.11. The van der Waals surface area contributed by atoms with Gasteiger partial charge in [-0.25, -0.2) is 0 Å². The van der Waals surface area contributed by atoms with Gasteiger partial charge in [0.1, 0.15) is 11.0 Å². The first kappa shape index (κ1) is 14.1. The normalized spacial score (nSPS) is 10.5. The van der Waals surface area contributed by atoms with Crippen molar-refractivity contribution in [1.82, 2.24) is 14.1 Å². The van der Waals surface area contributed by atoms with Crippen molar-refractivity contribution in [2.45, 2.75) is 6.92 Å². The smallest absolute Gasteiger partial charge is 0.267 e. The molecule has 0 spiro atoms. The number of rotatable bonds is 2. The van der Waals surface area contributed by atoms with Crippen LogP contribution in [-0.2, 0) is 0 Å². The van der Waals surface area contributed by atoms with Gasteiger partial charge in [-0.2, -0.15) is 8.75 Å². The number of carbonyl (C=O) groups excluding carboxylic acids is 1. The fourth-order valence-electron chi connectivity index (χ4n) is 1.83. The quantitative estimate of drug-likeness (QED) is 0.705. The standard InChI is InChI=1S/C13H10N4OS3/c1-7-4-5-8-11(17-21-16-8)10(7)14-13(19)15-12(18)9-3-2-6-20-9/h2-6H,1H3,(H2,14,15,18,19). The Morgan fingerprint density at radius 2 is 2.14 bits per heavy atom. The van der Waals surface area contributed by atoms with Gasteiger partial charge in [0.05, 0.1) is 22.3 Å². The molecular formula is C13H10N4OS3. The minimum atomic E-state index is -0.219. The van der Waals surface area contributed by atoms with Crippen molar-refractivity contribution in [3.05, 3.63) is 40.1 Å². The highest BCUT2D eigenvalue weighted by Gasteiger charge is 2.12. The predicted octanol–water partition coefficient (Wildman–Crippen LogP) is 3.19. The average Bonchev–Trinajstić information content (AvgIpc) is 3.12.